The second-order valence-electron chi connectivity index (χ2n) is 7.55. The van der Waals surface area contributed by atoms with Gasteiger partial charge in [0.1, 0.15) is 5.65 Å². The van der Waals surface area contributed by atoms with E-state index in [2.05, 4.69) is 32.1 Å². The maximum Gasteiger partial charge on any atom is 0.228 e. The van der Waals surface area contributed by atoms with E-state index in [0.717, 1.165) is 60.6 Å². The van der Waals surface area contributed by atoms with Crippen LogP contribution in [-0.2, 0) is 16.6 Å². The quantitative estimate of drug-likeness (QED) is 0.747. The standard InChI is InChI=1S/C20H24N6O2/c1-24-12-15(11-22-24)17-10-16-18(2-4-21-19(16)23-17)25-5-7-26(8-6-25)20(27)14-3-9-28-13-14/h2,4,10-12,14H,3,5-9,13H2,1H3,(H,21,23)/t14-/m0/s1. The van der Waals surface area contributed by atoms with Gasteiger partial charge < -0.3 is 19.5 Å². The van der Waals surface area contributed by atoms with Crippen LogP contribution in [0.1, 0.15) is 6.42 Å². The molecule has 1 N–H and O–H groups in total. The molecule has 2 fully saturated rings. The minimum atomic E-state index is 0.0471. The maximum absolute atomic E-state index is 12.6. The molecular formula is C20H24N6O2. The lowest BCUT2D eigenvalue weighted by molar-refractivity contribution is -0.135. The van der Waals surface area contributed by atoms with Crippen LogP contribution < -0.4 is 4.90 Å². The Morgan fingerprint density at radius 2 is 2.14 bits per heavy atom. The average molecular weight is 380 g/mol. The lowest BCUT2D eigenvalue weighted by atomic mass is 10.1. The first-order chi connectivity index (χ1) is 13.7. The van der Waals surface area contributed by atoms with Gasteiger partial charge in [0.2, 0.25) is 5.91 Å². The van der Waals surface area contributed by atoms with Crippen molar-refractivity contribution in [1.29, 1.82) is 0 Å². The molecule has 2 saturated heterocycles. The summed E-state index contributed by atoms with van der Waals surface area (Å²) in [4.78, 5) is 24.9. The summed E-state index contributed by atoms with van der Waals surface area (Å²) in [5, 5.41) is 5.35. The number of pyridine rings is 1. The number of aromatic nitrogens is 4. The summed E-state index contributed by atoms with van der Waals surface area (Å²) in [7, 11) is 1.91. The first kappa shape index (κ1) is 17.2. The second kappa shape index (κ2) is 6.94. The number of ether oxygens (including phenoxy) is 1. The molecule has 146 valence electrons. The van der Waals surface area contributed by atoms with Gasteiger partial charge in [0, 0.05) is 68.9 Å². The van der Waals surface area contributed by atoms with Crippen molar-refractivity contribution in [3.05, 3.63) is 30.7 Å². The van der Waals surface area contributed by atoms with Gasteiger partial charge in [-0.05, 0) is 18.6 Å². The third-order valence-electron chi connectivity index (χ3n) is 5.74. The van der Waals surface area contributed by atoms with Crippen LogP contribution in [0.25, 0.3) is 22.3 Å². The number of nitrogens with one attached hydrogen (secondary N) is 1. The van der Waals surface area contributed by atoms with E-state index >= 15 is 0 Å². The molecule has 3 aromatic heterocycles. The lowest BCUT2D eigenvalue weighted by Crippen LogP contribution is -2.50. The molecule has 2 aliphatic rings. The molecule has 28 heavy (non-hydrogen) atoms. The number of amides is 1. The molecule has 1 amide bonds. The predicted molar refractivity (Wildman–Crippen MR) is 106 cm³/mol. The van der Waals surface area contributed by atoms with Crippen molar-refractivity contribution >= 4 is 22.6 Å². The largest absolute Gasteiger partial charge is 0.381 e. The molecule has 8 nitrogen and oxygen atoms in total. The van der Waals surface area contributed by atoms with Gasteiger partial charge in [-0.15, -0.1) is 0 Å². The van der Waals surface area contributed by atoms with Gasteiger partial charge in [-0.2, -0.15) is 5.10 Å². The number of H-pyrrole nitrogens is 1. The summed E-state index contributed by atoms with van der Waals surface area (Å²) in [6, 6.07) is 4.20. The highest BCUT2D eigenvalue weighted by Gasteiger charge is 2.30. The molecule has 5 heterocycles. The zero-order valence-corrected chi connectivity index (χ0v) is 16.0. The molecule has 0 bridgehead atoms. The molecule has 0 radical (unpaired) electrons. The Kier molecular flexibility index (Phi) is 4.27. The SMILES string of the molecule is Cn1cc(-c2cc3c(N4CCN(C(=O)[C@H]5CCOC5)CC4)ccnc3[nH]2)cn1. The Morgan fingerprint density at radius 3 is 2.86 bits per heavy atom. The van der Waals surface area contributed by atoms with E-state index in [-0.39, 0.29) is 11.8 Å². The number of carbonyl (C=O) groups is 1. The van der Waals surface area contributed by atoms with Crippen molar-refractivity contribution in [3.63, 3.8) is 0 Å². The number of hydrogen-bond acceptors (Lipinski definition) is 5. The number of aryl methyl sites for hydroxylation is 1. The number of anilines is 1. The molecule has 0 spiro atoms. The van der Waals surface area contributed by atoms with Gasteiger partial charge in [-0.25, -0.2) is 4.98 Å². The van der Waals surface area contributed by atoms with Crippen molar-refractivity contribution in [2.75, 3.05) is 44.3 Å². The van der Waals surface area contributed by atoms with Gasteiger partial charge >= 0.3 is 0 Å². The highest BCUT2D eigenvalue weighted by molar-refractivity contribution is 5.93. The van der Waals surface area contributed by atoms with Crippen molar-refractivity contribution in [2.45, 2.75) is 6.42 Å². The van der Waals surface area contributed by atoms with Crippen LogP contribution >= 0.6 is 0 Å². The summed E-state index contributed by atoms with van der Waals surface area (Å²) in [5.41, 5.74) is 4.09. The van der Waals surface area contributed by atoms with Crippen molar-refractivity contribution in [3.8, 4) is 11.3 Å². The van der Waals surface area contributed by atoms with Gasteiger partial charge in [0.15, 0.2) is 0 Å². The Hall–Kier alpha value is -2.87. The van der Waals surface area contributed by atoms with Crippen molar-refractivity contribution < 1.29 is 9.53 Å². The first-order valence-corrected chi connectivity index (χ1v) is 9.77. The van der Waals surface area contributed by atoms with Crippen LogP contribution in [0.5, 0.6) is 0 Å². The van der Waals surface area contributed by atoms with Gasteiger partial charge in [-0.1, -0.05) is 0 Å². The Bertz CT molecular complexity index is 995. The van der Waals surface area contributed by atoms with E-state index in [1.54, 1.807) is 4.68 Å². The molecule has 5 rings (SSSR count). The normalized spacial score (nSPS) is 20.2. The van der Waals surface area contributed by atoms with Gasteiger partial charge in [0.25, 0.3) is 0 Å². The van der Waals surface area contributed by atoms with E-state index < -0.39 is 0 Å². The highest BCUT2D eigenvalue weighted by Crippen LogP contribution is 2.31. The van der Waals surface area contributed by atoms with Crippen LogP contribution in [0, 0.1) is 5.92 Å². The first-order valence-electron chi connectivity index (χ1n) is 9.77. The van der Waals surface area contributed by atoms with Crippen molar-refractivity contribution in [1.82, 2.24) is 24.6 Å². The monoisotopic (exact) mass is 380 g/mol. The van der Waals surface area contributed by atoms with E-state index in [9.17, 15) is 4.79 Å². The van der Waals surface area contributed by atoms with E-state index in [1.807, 2.05) is 30.5 Å². The Balaban J connectivity index is 1.35. The van der Waals surface area contributed by atoms with Crippen LogP contribution in [0.2, 0.25) is 0 Å². The third kappa shape index (κ3) is 3.03. The van der Waals surface area contributed by atoms with Gasteiger partial charge in [-0.3, -0.25) is 9.48 Å². The number of piperazine rings is 1. The molecule has 0 aliphatic carbocycles. The summed E-state index contributed by atoms with van der Waals surface area (Å²) in [6.45, 7) is 4.43. The van der Waals surface area contributed by atoms with Crippen LogP contribution in [-0.4, -0.2) is 69.9 Å². The fraction of sp³-hybridized carbons (Fsp3) is 0.450. The zero-order valence-electron chi connectivity index (χ0n) is 16.0. The molecule has 1 atom stereocenters. The van der Waals surface area contributed by atoms with E-state index in [4.69, 9.17) is 4.74 Å². The third-order valence-corrected chi connectivity index (χ3v) is 5.74. The Morgan fingerprint density at radius 1 is 1.29 bits per heavy atom. The lowest BCUT2D eigenvalue weighted by Gasteiger charge is -2.37. The highest BCUT2D eigenvalue weighted by atomic mass is 16.5. The van der Waals surface area contributed by atoms with Crippen LogP contribution in [0.15, 0.2) is 30.7 Å². The second-order valence-corrected chi connectivity index (χ2v) is 7.55. The predicted octanol–water partition coefficient (Wildman–Crippen LogP) is 1.65. The zero-order chi connectivity index (χ0) is 19.1. The molecular weight excluding hydrogens is 356 g/mol. The van der Waals surface area contributed by atoms with Crippen LogP contribution in [0.3, 0.4) is 0 Å². The summed E-state index contributed by atoms with van der Waals surface area (Å²) in [5.74, 6) is 0.295. The topological polar surface area (TPSA) is 79.3 Å². The Labute approximate surface area is 163 Å². The van der Waals surface area contributed by atoms with E-state index in [0.29, 0.717) is 13.2 Å². The fourth-order valence-electron chi connectivity index (χ4n) is 4.16. The number of carbonyl (C=O) groups excluding carboxylic acids is 1. The minimum absolute atomic E-state index is 0.0471. The fourth-order valence-corrected chi connectivity index (χ4v) is 4.16. The van der Waals surface area contributed by atoms with Crippen molar-refractivity contribution in [2.24, 2.45) is 13.0 Å². The summed E-state index contributed by atoms with van der Waals surface area (Å²) >= 11 is 0. The van der Waals surface area contributed by atoms with E-state index in [1.165, 1.54) is 0 Å². The average Bonchev–Trinajstić information content (AvgIpc) is 3.47. The molecule has 0 aromatic carbocycles. The molecule has 0 saturated carbocycles. The molecule has 2 aliphatic heterocycles. The minimum Gasteiger partial charge on any atom is -0.381 e. The number of hydrogen-bond donors (Lipinski definition) is 1. The molecule has 3 aromatic rings. The summed E-state index contributed by atoms with van der Waals surface area (Å²) < 4.78 is 7.17. The number of fused-ring (bicyclic) bond motifs is 1. The molecule has 0 unspecified atom stereocenters. The number of nitrogens with zero attached hydrogens (tertiary/aromatic N) is 5. The number of rotatable bonds is 3. The molecule has 8 heteroatoms. The smallest absolute Gasteiger partial charge is 0.228 e. The maximum atomic E-state index is 12.6. The summed E-state index contributed by atoms with van der Waals surface area (Å²) in [6.07, 6.45) is 6.53. The van der Waals surface area contributed by atoms with Gasteiger partial charge in [0.05, 0.1) is 24.4 Å². The van der Waals surface area contributed by atoms with Crippen LogP contribution in [0.4, 0.5) is 5.69 Å². The number of aromatic amines is 1.